The molecule has 0 aliphatic rings. The minimum Gasteiger partial charge on any atom is -0.497 e. The predicted molar refractivity (Wildman–Crippen MR) is 74.7 cm³/mol. The monoisotopic (exact) mass is 277 g/mol. The molecule has 1 unspecified atom stereocenters. The van der Waals surface area contributed by atoms with Crippen molar-refractivity contribution in [3.8, 4) is 5.75 Å². The summed E-state index contributed by atoms with van der Waals surface area (Å²) in [5.74, 6) is -0.390. The Bertz CT molecular complexity index is 613. The van der Waals surface area contributed by atoms with Crippen molar-refractivity contribution in [2.45, 2.75) is 19.4 Å². The van der Waals surface area contributed by atoms with Crippen LogP contribution in [0.4, 0.5) is 8.78 Å². The van der Waals surface area contributed by atoms with Crippen LogP contribution in [0.25, 0.3) is 0 Å². The molecule has 0 bridgehead atoms. The average molecular weight is 277 g/mol. The molecule has 106 valence electrons. The van der Waals surface area contributed by atoms with E-state index < -0.39 is 11.6 Å². The molecule has 4 heteroatoms. The number of aryl methyl sites for hydroxylation is 1. The summed E-state index contributed by atoms with van der Waals surface area (Å²) < 4.78 is 31.6. The maximum Gasteiger partial charge on any atom is 0.129 e. The van der Waals surface area contributed by atoms with Crippen LogP contribution < -0.4 is 10.5 Å². The molecule has 2 N–H and O–H groups in total. The van der Waals surface area contributed by atoms with Crippen molar-refractivity contribution in [2.75, 3.05) is 7.11 Å². The third kappa shape index (κ3) is 3.14. The van der Waals surface area contributed by atoms with E-state index in [1.54, 1.807) is 7.11 Å². The fraction of sp³-hybridized carbons (Fsp3) is 0.250. The number of nitrogens with two attached hydrogens (primary N) is 1. The largest absolute Gasteiger partial charge is 0.497 e. The minimum absolute atomic E-state index is 0.319. The van der Waals surface area contributed by atoms with E-state index in [1.165, 1.54) is 12.1 Å². The van der Waals surface area contributed by atoms with E-state index in [2.05, 4.69) is 0 Å². The Balaban J connectivity index is 2.21. The molecule has 1 atom stereocenters. The smallest absolute Gasteiger partial charge is 0.129 e. The molecule has 0 aliphatic heterocycles. The van der Waals surface area contributed by atoms with Gasteiger partial charge in [0, 0.05) is 12.1 Å². The number of benzene rings is 2. The molecular weight excluding hydrogens is 260 g/mol. The van der Waals surface area contributed by atoms with Crippen molar-refractivity contribution in [1.29, 1.82) is 0 Å². The van der Waals surface area contributed by atoms with Gasteiger partial charge in [-0.3, -0.25) is 0 Å². The topological polar surface area (TPSA) is 35.2 Å². The van der Waals surface area contributed by atoms with Crippen LogP contribution in [0, 0.1) is 18.6 Å². The van der Waals surface area contributed by atoms with Gasteiger partial charge in [0.2, 0.25) is 0 Å². The molecule has 0 heterocycles. The molecule has 0 aliphatic carbocycles. The van der Waals surface area contributed by atoms with Crippen molar-refractivity contribution < 1.29 is 13.5 Å². The summed E-state index contributed by atoms with van der Waals surface area (Å²) in [6.07, 6.45) is 0.319. The van der Waals surface area contributed by atoms with Crippen molar-refractivity contribution in [2.24, 2.45) is 5.73 Å². The zero-order valence-corrected chi connectivity index (χ0v) is 11.5. The van der Waals surface area contributed by atoms with Crippen LogP contribution in [-0.2, 0) is 6.42 Å². The van der Waals surface area contributed by atoms with Crippen molar-refractivity contribution >= 4 is 0 Å². The van der Waals surface area contributed by atoms with Crippen LogP contribution in [0.3, 0.4) is 0 Å². The van der Waals surface area contributed by atoms with E-state index in [4.69, 9.17) is 10.5 Å². The maximum absolute atomic E-state index is 13.6. The Hall–Kier alpha value is -1.94. The lowest BCUT2D eigenvalue weighted by molar-refractivity contribution is 0.414. The number of ether oxygens (including phenoxy) is 1. The molecule has 2 rings (SSSR count). The molecule has 2 nitrogen and oxygen atoms in total. The third-order valence-corrected chi connectivity index (χ3v) is 3.33. The van der Waals surface area contributed by atoms with Crippen LogP contribution in [0.5, 0.6) is 5.75 Å². The lowest BCUT2D eigenvalue weighted by atomic mass is 9.95. The fourth-order valence-corrected chi connectivity index (χ4v) is 2.23. The second kappa shape index (κ2) is 6.01. The van der Waals surface area contributed by atoms with Crippen LogP contribution in [-0.4, -0.2) is 7.11 Å². The van der Waals surface area contributed by atoms with E-state index in [-0.39, 0.29) is 6.04 Å². The van der Waals surface area contributed by atoms with E-state index in [0.29, 0.717) is 12.0 Å². The molecule has 0 aromatic heterocycles. The molecule has 0 amide bonds. The average Bonchev–Trinajstić information content (AvgIpc) is 2.41. The summed E-state index contributed by atoms with van der Waals surface area (Å²) in [5, 5.41) is 0. The Morgan fingerprint density at radius 2 is 1.90 bits per heavy atom. The maximum atomic E-state index is 13.6. The van der Waals surface area contributed by atoms with Crippen LogP contribution in [0.1, 0.15) is 22.7 Å². The first-order valence-corrected chi connectivity index (χ1v) is 6.35. The van der Waals surface area contributed by atoms with Gasteiger partial charge in [-0.1, -0.05) is 12.1 Å². The molecular formula is C16H17F2NO. The molecule has 0 radical (unpaired) electrons. The molecule has 0 fully saturated rings. The number of hydrogen-bond donors (Lipinski definition) is 1. The van der Waals surface area contributed by atoms with Crippen LogP contribution >= 0.6 is 0 Å². The van der Waals surface area contributed by atoms with Gasteiger partial charge in [0.15, 0.2) is 0 Å². The summed E-state index contributed by atoms with van der Waals surface area (Å²) in [5.41, 5.74) is 8.45. The summed E-state index contributed by atoms with van der Waals surface area (Å²) in [6.45, 7) is 1.93. The highest BCUT2D eigenvalue weighted by molar-refractivity contribution is 5.37. The number of halogens is 2. The van der Waals surface area contributed by atoms with Gasteiger partial charge in [-0.2, -0.15) is 0 Å². The van der Waals surface area contributed by atoms with E-state index in [9.17, 15) is 8.78 Å². The normalized spacial score (nSPS) is 12.2. The van der Waals surface area contributed by atoms with Crippen LogP contribution in [0.2, 0.25) is 0 Å². The molecule has 2 aromatic carbocycles. The Morgan fingerprint density at radius 3 is 2.50 bits per heavy atom. The van der Waals surface area contributed by atoms with Gasteiger partial charge in [-0.05, 0) is 48.2 Å². The van der Waals surface area contributed by atoms with Gasteiger partial charge in [0.1, 0.15) is 17.4 Å². The third-order valence-electron chi connectivity index (χ3n) is 3.33. The Labute approximate surface area is 117 Å². The van der Waals surface area contributed by atoms with Crippen molar-refractivity contribution in [1.82, 2.24) is 0 Å². The quantitative estimate of drug-likeness (QED) is 0.928. The number of hydrogen-bond acceptors (Lipinski definition) is 2. The minimum atomic E-state index is -0.583. The summed E-state index contributed by atoms with van der Waals surface area (Å²) in [6, 6.07) is 8.79. The molecule has 20 heavy (non-hydrogen) atoms. The predicted octanol–water partition coefficient (Wildman–Crippen LogP) is 3.52. The SMILES string of the molecule is COc1ccc(C(N)Cc2ccc(F)cc2F)c(C)c1. The van der Waals surface area contributed by atoms with E-state index >= 15 is 0 Å². The molecule has 0 saturated heterocycles. The zero-order valence-electron chi connectivity index (χ0n) is 11.5. The highest BCUT2D eigenvalue weighted by atomic mass is 19.1. The van der Waals surface area contributed by atoms with Gasteiger partial charge < -0.3 is 10.5 Å². The van der Waals surface area contributed by atoms with Gasteiger partial charge in [-0.15, -0.1) is 0 Å². The number of rotatable bonds is 4. The van der Waals surface area contributed by atoms with Crippen LogP contribution in [0.15, 0.2) is 36.4 Å². The Kier molecular flexibility index (Phi) is 4.35. The lowest BCUT2D eigenvalue weighted by Gasteiger charge is -2.16. The van der Waals surface area contributed by atoms with Crippen molar-refractivity contribution in [3.05, 3.63) is 64.7 Å². The first kappa shape index (κ1) is 14.5. The fourth-order valence-electron chi connectivity index (χ4n) is 2.23. The summed E-state index contributed by atoms with van der Waals surface area (Å²) in [7, 11) is 1.60. The Morgan fingerprint density at radius 1 is 1.15 bits per heavy atom. The highest BCUT2D eigenvalue weighted by Crippen LogP contribution is 2.24. The zero-order chi connectivity index (χ0) is 14.7. The standard InChI is InChI=1S/C16H17F2NO/c1-10-7-13(20-2)5-6-14(10)16(19)8-11-3-4-12(17)9-15(11)18/h3-7,9,16H,8,19H2,1-2H3. The van der Waals surface area contributed by atoms with E-state index in [1.807, 2.05) is 25.1 Å². The van der Waals surface area contributed by atoms with Gasteiger partial charge in [0.25, 0.3) is 0 Å². The molecule has 0 spiro atoms. The van der Waals surface area contributed by atoms with Gasteiger partial charge >= 0.3 is 0 Å². The first-order valence-electron chi connectivity index (χ1n) is 6.35. The van der Waals surface area contributed by atoms with E-state index in [0.717, 1.165) is 22.9 Å². The highest BCUT2D eigenvalue weighted by Gasteiger charge is 2.13. The van der Waals surface area contributed by atoms with Gasteiger partial charge in [-0.25, -0.2) is 8.78 Å². The second-order valence-electron chi connectivity index (χ2n) is 4.77. The van der Waals surface area contributed by atoms with Gasteiger partial charge in [0.05, 0.1) is 7.11 Å². The summed E-state index contributed by atoms with van der Waals surface area (Å²) >= 11 is 0. The van der Waals surface area contributed by atoms with Crippen molar-refractivity contribution in [3.63, 3.8) is 0 Å². The molecule has 0 saturated carbocycles. The second-order valence-corrected chi connectivity index (χ2v) is 4.77. The molecule has 2 aromatic rings. The summed E-state index contributed by atoms with van der Waals surface area (Å²) in [4.78, 5) is 0. The number of methoxy groups -OCH3 is 1. The lowest BCUT2D eigenvalue weighted by Crippen LogP contribution is -2.15. The first-order chi connectivity index (χ1) is 9.51.